The SMILES string of the molecule is CC(C)C(C)(C)CNc1ccc([N+](=O)[O-])cc1F. The molecular weight excluding hydrogens is 235 g/mol. The van der Waals surface area contributed by atoms with Crippen LogP contribution in [0.25, 0.3) is 0 Å². The molecule has 0 spiro atoms. The molecule has 0 bridgehead atoms. The van der Waals surface area contributed by atoms with Gasteiger partial charge in [0.25, 0.3) is 5.69 Å². The number of nitro groups is 1. The monoisotopic (exact) mass is 254 g/mol. The minimum Gasteiger partial charge on any atom is -0.382 e. The van der Waals surface area contributed by atoms with Crippen LogP contribution in [0.15, 0.2) is 18.2 Å². The highest BCUT2D eigenvalue weighted by molar-refractivity contribution is 5.50. The molecule has 4 nitrogen and oxygen atoms in total. The topological polar surface area (TPSA) is 55.2 Å². The number of hydrogen-bond donors (Lipinski definition) is 1. The molecule has 0 aromatic heterocycles. The van der Waals surface area contributed by atoms with Gasteiger partial charge in [-0.2, -0.15) is 0 Å². The van der Waals surface area contributed by atoms with Crippen LogP contribution in [0.4, 0.5) is 15.8 Å². The molecule has 0 heterocycles. The van der Waals surface area contributed by atoms with Gasteiger partial charge in [0.15, 0.2) is 5.82 Å². The van der Waals surface area contributed by atoms with Gasteiger partial charge in [-0.15, -0.1) is 0 Å². The molecule has 0 amide bonds. The minimum atomic E-state index is -0.606. The van der Waals surface area contributed by atoms with E-state index in [1.54, 1.807) is 0 Å². The van der Waals surface area contributed by atoms with Crippen LogP contribution in [0.2, 0.25) is 0 Å². The van der Waals surface area contributed by atoms with Gasteiger partial charge in [-0.05, 0) is 17.4 Å². The van der Waals surface area contributed by atoms with Crippen molar-refractivity contribution >= 4 is 11.4 Å². The lowest BCUT2D eigenvalue weighted by atomic mass is 9.81. The summed E-state index contributed by atoms with van der Waals surface area (Å²) in [6.45, 7) is 9.00. The van der Waals surface area contributed by atoms with Crippen molar-refractivity contribution in [1.29, 1.82) is 0 Å². The maximum absolute atomic E-state index is 13.6. The second-order valence-electron chi connectivity index (χ2n) is 5.42. The highest BCUT2D eigenvalue weighted by Gasteiger charge is 2.22. The third-order valence-corrected chi connectivity index (χ3v) is 3.46. The molecule has 0 aliphatic carbocycles. The lowest BCUT2D eigenvalue weighted by molar-refractivity contribution is -0.385. The number of anilines is 1. The molecule has 18 heavy (non-hydrogen) atoms. The highest BCUT2D eigenvalue weighted by atomic mass is 19.1. The smallest absolute Gasteiger partial charge is 0.272 e. The summed E-state index contributed by atoms with van der Waals surface area (Å²) in [4.78, 5) is 9.88. The summed E-state index contributed by atoms with van der Waals surface area (Å²) in [5.74, 6) is -0.144. The van der Waals surface area contributed by atoms with Crippen molar-refractivity contribution in [3.05, 3.63) is 34.1 Å². The van der Waals surface area contributed by atoms with Gasteiger partial charge in [-0.25, -0.2) is 4.39 Å². The van der Waals surface area contributed by atoms with Crippen molar-refractivity contribution in [2.75, 3.05) is 11.9 Å². The Kier molecular flexibility index (Phi) is 4.27. The van der Waals surface area contributed by atoms with E-state index in [-0.39, 0.29) is 11.1 Å². The van der Waals surface area contributed by atoms with E-state index >= 15 is 0 Å². The maximum Gasteiger partial charge on any atom is 0.272 e. The first-order valence-corrected chi connectivity index (χ1v) is 5.92. The Morgan fingerprint density at radius 3 is 2.50 bits per heavy atom. The second kappa shape index (κ2) is 5.33. The third kappa shape index (κ3) is 3.42. The number of nitrogens with one attached hydrogen (secondary N) is 1. The van der Waals surface area contributed by atoms with Gasteiger partial charge in [0.2, 0.25) is 0 Å². The molecule has 1 aromatic carbocycles. The number of rotatable bonds is 5. The van der Waals surface area contributed by atoms with Crippen LogP contribution in [0.1, 0.15) is 27.7 Å². The van der Waals surface area contributed by atoms with Crippen molar-refractivity contribution in [2.45, 2.75) is 27.7 Å². The predicted octanol–water partition coefficient (Wildman–Crippen LogP) is 3.83. The average molecular weight is 254 g/mol. The highest BCUT2D eigenvalue weighted by Crippen LogP contribution is 2.27. The quantitative estimate of drug-likeness (QED) is 0.641. The molecule has 0 saturated heterocycles. The van der Waals surface area contributed by atoms with Crippen LogP contribution < -0.4 is 5.32 Å². The zero-order valence-corrected chi connectivity index (χ0v) is 11.2. The van der Waals surface area contributed by atoms with E-state index in [9.17, 15) is 14.5 Å². The van der Waals surface area contributed by atoms with Crippen LogP contribution in [0, 0.1) is 27.3 Å². The number of benzene rings is 1. The van der Waals surface area contributed by atoms with Crippen molar-refractivity contribution in [3.63, 3.8) is 0 Å². The Hall–Kier alpha value is -1.65. The first kappa shape index (κ1) is 14.4. The molecule has 1 aromatic rings. The van der Waals surface area contributed by atoms with E-state index < -0.39 is 10.7 Å². The van der Waals surface area contributed by atoms with E-state index in [1.807, 2.05) is 0 Å². The molecule has 0 radical (unpaired) electrons. The van der Waals surface area contributed by atoms with Crippen LogP contribution in [0.5, 0.6) is 0 Å². The Morgan fingerprint density at radius 1 is 1.44 bits per heavy atom. The summed E-state index contributed by atoms with van der Waals surface area (Å²) in [6.07, 6.45) is 0. The minimum absolute atomic E-state index is 0.0220. The van der Waals surface area contributed by atoms with E-state index in [4.69, 9.17) is 0 Å². The van der Waals surface area contributed by atoms with Crippen molar-refractivity contribution < 1.29 is 9.31 Å². The fourth-order valence-electron chi connectivity index (χ4n) is 1.29. The van der Waals surface area contributed by atoms with E-state index in [1.165, 1.54) is 12.1 Å². The normalized spacial score (nSPS) is 11.7. The van der Waals surface area contributed by atoms with Gasteiger partial charge in [0, 0.05) is 12.6 Å². The van der Waals surface area contributed by atoms with Gasteiger partial charge >= 0.3 is 0 Å². The molecular formula is C13H19FN2O2. The first-order chi connectivity index (χ1) is 8.24. The summed E-state index contributed by atoms with van der Waals surface area (Å²) in [6, 6.07) is 3.64. The molecule has 1 rings (SSSR count). The predicted molar refractivity (Wildman–Crippen MR) is 70.2 cm³/mol. The Morgan fingerprint density at radius 2 is 2.06 bits per heavy atom. The van der Waals surface area contributed by atoms with Crippen LogP contribution in [0.3, 0.4) is 0 Å². The first-order valence-electron chi connectivity index (χ1n) is 5.92. The Labute approximate surface area is 106 Å². The van der Waals surface area contributed by atoms with Crippen molar-refractivity contribution in [2.24, 2.45) is 11.3 Å². The zero-order chi connectivity index (χ0) is 13.9. The maximum atomic E-state index is 13.6. The Balaban J connectivity index is 2.78. The zero-order valence-electron chi connectivity index (χ0n) is 11.2. The van der Waals surface area contributed by atoms with Crippen molar-refractivity contribution in [3.8, 4) is 0 Å². The molecule has 0 unspecified atom stereocenters. The second-order valence-corrected chi connectivity index (χ2v) is 5.42. The summed E-state index contributed by atoms with van der Waals surface area (Å²) in [7, 11) is 0. The molecule has 0 fully saturated rings. The third-order valence-electron chi connectivity index (χ3n) is 3.46. The van der Waals surface area contributed by atoms with Gasteiger partial charge in [-0.3, -0.25) is 10.1 Å². The summed E-state index contributed by atoms with van der Waals surface area (Å²) in [5, 5.41) is 13.5. The van der Waals surface area contributed by atoms with Crippen LogP contribution in [-0.4, -0.2) is 11.5 Å². The largest absolute Gasteiger partial charge is 0.382 e. The van der Waals surface area contributed by atoms with Gasteiger partial charge in [-0.1, -0.05) is 27.7 Å². The molecule has 0 aliphatic rings. The number of non-ortho nitro benzene ring substituents is 1. The van der Waals surface area contributed by atoms with E-state index in [2.05, 4.69) is 33.0 Å². The lowest BCUT2D eigenvalue weighted by Crippen LogP contribution is -2.28. The molecule has 1 N–H and O–H groups in total. The molecule has 5 heteroatoms. The number of hydrogen-bond acceptors (Lipinski definition) is 3. The molecule has 0 aliphatic heterocycles. The summed E-state index contributed by atoms with van der Waals surface area (Å²) < 4.78 is 13.6. The fraction of sp³-hybridized carbons (Fsp3) is 0.538. The standard InChI is InChI=1S/C13H19FN2O2/c1-9(2)13(3,4)8-15-12-6-5-10(16(17)18)7-11(12)14/h5-7,9,15H,8H2,1-4H3. The number of nitrogens with zero attached hydrogens (tertiary/aromatic N) is 1. The van der Waals surface area contributed by atoms with Crippen LogP contribution in [-0.2, 0) is 0 Å². The summed E-state index contributed by atoms with van der Waals surface area (Å²) >= 11 is 0. The molecule has 100 valence electrons. The van der Waals surface area contributed by atoms with Gasteiger partial charge in [0.05, 0.1) is 16.7 Å². The van der Waals surface area contributed by atoms with Crippen molar-refractivity contribution in [1.82, 2.24) is 0 Å². The van der Waals surface area contributed by atoms with E-state index in [0.717, 1.165) is 6.07 Å². The Bertz CT molecular complexity index is 445. The molecule has 0 saturated carbocycles. The fourth-order valence-corrected chi connectivity index (χ4v) is 1.29. The average Bonchev–Trinajstić information content (AvgIpc) is 2.26. The van der Waals surface area contributed by atoms with E-state index in [0.29, 0.717) is 18.2 Å². The van der Waals surface area contributed by atoms with Crippen LogP contribution >= 0.6 is 0 Å². The van der Waals surface area contributed by atoms with Gasteiger partial charge in [0.1, 0.15) is 0 Å². The summed E-state index contributed by atoms with van der Waals surface area (Å²) in [5.41, 5.74) is 0.0873. The lowest BCUT2D eigenvalue weighted by Gasteiger charge is -2.29. The molecule has 0 atom stereocenters. The van der Waals surface area contributed by atoms with Gasteiger partial charge < -0.3 is 5.32 Å². The number of halogens is 1. The number of nitro benzene ring substituents is 1.